The van der Waals surface area contributed by atoms with E-state index in [0.29, 0.717) is 0 Å². The van der Waals surface area contributed by atoms with Gasteiger partial charge in [0, 0.05) is 0 Å². The van der Waals surface area contributed by atoms with Crippen molar-refractivity contribution in [3.8, 4) is 11.5 Å². The molecule has 2 aromatic rings. The number of ether oxygens (including phenoxy) is 2. The molecule has 0 atom stereocenters. The Kier molecular flexibility index (Phi) is 4.67. The van der Waals surface area contributed by atoms with Crippen LogP contribution < -0.4 is 9.47 Å². The van der Waals surface area contributed by atoms with Crippen molar-refractivity contribution in [1.82, 2.24) is 0 Å². The van der Waals surface area contributed by atoms with Crippen LogP contribution in [0.25, 0.3) is 0 Å². The first kappa shape index (κ1) is 15.0. The standard InChI is InChI=1S/2C10H12O/c1-8-4-5-10-9(7-8)3-2-6-11-10;1-8-4-5-9-3-2-6-11-10(9)7-8/h2*4-5,7H,2-3,6H2,1H3. The van der Waals surface area contributed by atoms with Crippen molar-refractivity contribution >= 4 is 0 Å². The fourth-order valence-electron chi connectivity index (χ4n) is 2.94. The maximum absolute atomic E-state index is 5.50. The molecule has 4 rings (SSSR count). The predicted molar refractivity (Wildman–Crippen MR) is 90.0 cm³/mol. The fraction of sp³-hybridized carbons (Fsp3) is 0.400. The van der Waals surface area contributed by atoms with Crippen LogP contribution in [0.4, 0.5) is 0 Å². The maximum atomic E-state index is 5.50. The Balaban J connectivity index is 0.000000131. The summed E-state index contributed by atoms with van der Waals surface area (Å²) < 4.78 is 11.0. The largest absolute Gasteiger partial charge is 0.493 e. The topological polar surface area (TPSA) is 18.5 Å². The van der Waals surface area contributed by atoms with Gasteiger partial charge in [-0.05, 0) is 68.4 Å². The molecule has 22 heavy (non-hydrogen) atoms. The maximum Gasteiger partial charge on any atom is 0.122 e. The Hall–Kier alpha value is -1.96. The first-order valence-electron chi connectivity index (χ1n) is 8.17. The quantitative estimate of drug-likeness (QED) is 0.705. The second-order valence-electron chi connectivity index (χ2n) is 6.13. The molecule has 0 radical (unpaired) electrons. The highest BCUT2D eigenvalue weighted by molar-refractivity contribution is 5.38. The van der Waals surface area contributed by atoms with Crippen molar-refractivity contribution in [2.24, 2.45) is 0 Å². The molecule has 0 aliphatic carbocycles. The summed E-state index contributed by atoms with van der Waals surface area (Å²) in [5.74, 6) is 2.18. The van der Waals surface area contributed by atoms with Crippen molar-refractivity contribution in [3.05, 3.63) is 58.7 Å². The van der Waals surface area contributed by atoms with Crippen LogP contribution in [0.15, 0.2) is 36.4 Å². The van der Waals surface area contributed by atoms with Crippen molar-refractivity contribution in [2.75, 3.05) is 13.2 Å². The Bertz CT molecular complexity index is 589. The van der Waals surface area contributed by atoms with Crippen LogP contribution in [0.2, 0.25) is 0 Å². The molecule has 0 aromatic heterocycles. The van der Waals surface area contributed by atoms with Crippen LogP contribution in [0.1, 0.15) is 35.1 Å². The Morgan fingerprint density at radius 3 is 2.14 bits per heavy atom. The normalized spacial score (nSPS) is 15.4. The molecule has 0 N–H and O–H groups in total. The van der Waals surface area contributed by atoms with Gasteiger partial charge >= 0.3 is 0 Å². The molecule has 0 bridgehead atoms. The zero-order valence-corrected chi connectivity index (χ0v) is 13.5. The summed E-state index contributed by atoms with van der Waals surface area (Å²) in [6.45, 7) is 5.99. The van der Waals surface area contributed by atoms with Gasteiger partial charge in [0.15, 0.2) is 0 Å². The van der Waals surface area contributed by atoms with Crippen molar-refractivity contribution in [1.29, 1.82) is 0 Å². The molecule has 2 nitrogen and oxygen atoms in total. The van der Waals surface area contributed by atoms with Gasteiger partial charge in [0.25, 0.3) is 0 Å². The minimum Gasteiger partial charge on any atom is -0.493 e. The first-order chi connectivity index (χ1) is 10.7. The molecule has 0 saturated heterocycles. The summed E-state index contributed by atoms with van der Waals surface area (Å²) in [5.41, 5.74) is 5.35. The molecule has 2 aromatic carbocycles. The van der Waals surface area contributed by atoms with Crippen LogP contribution in [-0.2, 0) is 12.8 Å². The average Bonchev–Trinajstić information content (AvgIpc) is 2.55. The van der Waals surface area contributed by atoms with E-state index in [-0.39, 0.29) is 0 Å². The first-order valence-corrected chi connectivity index (χ1v) is 8.17. The molecule has 2 heteroatoms. The van der Waals surface area contributed by atoms with E-state index >= 15 is 0 Å². The lowest BCUT2D eigenvalue weighted by Gasteiger charge is -2.16. The van der Waals surface area contributed by atoms with E-state index in [9.17, 15) is 0 Å². The van der Waals surface area contributed by atoms with Gasteiger partial charge in [-0.3, -0.25) is 0 Å². The summed E-state index contributed by atoms with van der Waals surface area (Å²) >= 11 is 0. The molecule has 2 heterocycles. The Labute approximate surface area is 133 Å². The third-order valence-corrected chi connectivity index (χ3v) is 4.13. The second kappa shape index (κ2) is 6.87. The van der Waals surface area contributed by atoms with E-state index in [0.717, 1.165) is 37.6 Å². The lowest BCUT2D eigenvalue weighted by molar-refractivity contribution is 0.288. The number of rotatable bonds is 0. The lowest BCUT2D eigenvalue weighted by Crippen LogP contribution is -2.07. The van der Waals surface area contributed by atoms with Gasteiger partial charge < -0.3 is 9.47 Å². The molecule has 0 unspecified atom stereocenters. The van der Waals surface area contributed by atoms with Gasteiger partial charge in [0.1, 0.15) is 11.5 Å². The third-order valence-electron chi connectivity index (χ3n) is 4.13. The second-order valence-corrected chi connectivity index (χ2v) is 6.13. The van der Waals surface area contributed by atoms with Crippen LogP contribution in [0, 0.1) is 13.8 Å². The van der Waals surface area contributed by atoms with Gasteiger partial charge in [-0.2, -0.15) is 0 Å². The number of aryl methyl sites for hydroxylation is 4. The minimum absolute atomic E-state index is 0.885. The van der Waals surface area contributed by atoms with E-state index in [1.807, 2.05) is 0 Å². The van der Waals surface area contributed by atoms with Gasteiger partial charge in [-0.15, -0.1) is 0 Å². The predicted octanol–water partition coefficient (Wildman–Crippen LogP) is 4.64. The zero-order chi connectivity index (χ0) is 15.4. The van der Waals surface area contributed by atoms with Crippen molar-refractivity contribution in [2.45, 2.75) is 39.5 Å². The number of fused-ring (bicyclic) bond motifs is 2. The molecule has 0 saturated carbocycles. The van der Waals surface area contributed by atoms with Gasteiger partial charge in [0.2, 0.25) is 0 Å². The monoisotopic (exact) mass is 296 g/mol. The molecule has 2 aliphatic heterocycles. The van der Waals surface area contributed by atoms with Crippen LogP contribution in [-0.4, -0.2) is 13.2 Å². The third kappa shape index (κ3) is 3.62. The van der Waals surface area contributed by atoms with Gasteiger partial charge in [0.05, 0.1) is 13.2 Å². The molecule has 0 spiro atoms. The lowest BCUT2D eigenvalue weighted by atomic mass is 10.0. The van der Waals surface area contributed by atoms with Crippen molar-refractivity contribution < 1.29 is 9.47 Å². The molecule has 0 amide bonds. The number of hydrogen-bond acceptors (Lipinski definition) is 2. The van der Waals surface area contributed by atoms with Crippen molar-refractivity contribution in [3.63, 3.8) is 0 Å². The Morgan fingerprint density at radius 2 is 1.32 bits per heavy atom. The van der Waals surface area contributed by atoms with E-state index in [4.69, 9.17) is 9.47 Å². The number of hydrogen-bond donors (Lipinski definition) is 0. The van der Waals surface area contributed by atoms with Crippen LogP contribution in [0.5, 0.6) is 11.5 Å². The highest BCUT2D eigenvalue weighted by Crippen LogP contribution is 2.25. The highest BCUT2D eigenvalue weighted by atomic mass is 16.5. The van der Waals surface area contributed by atoms with E-state index in [1.165, 1.54) is 35.1 Å². The summed E-state index contributed by atoms with van der Waals surface area (Å²) in [4.78, 5) is 0. The minimum atomic E-state index is 0.885. The fourth-order valence-corrected chi connectivity index (χ4v) is 2.94. The molecule has 2 aliphatic rings. The van der Waals surface area contributed by atoms with Gasteiger partial charge in [-0.25, -0.2) is 0 Å². The van der Waals surface area contributed by atoms with Crippen LogP contribution in [0.3, 0.4) is 0 Å². The van der Waals surface area contributed by atoms with E-state index in [2.05, 4.69) is 50.2 Å². The van der Waals surface area contributed by atoms with Gasteiger partial charge in [-0.1, -0.05) is 29.8 Å². The number of benzene rings is 2. The zero-order valence-electron chi connectivity index (χ0n) is 13.5. The SMILES string of the molecule is Cc1ccc2c(c1)CCCO2.Cc1ccc2c(c1)OCCC2. The summed E-state index contributed by atoms with van der Waals surface area (Å²) in [6.07, 6.45) is 4.68. The molecular formula is C20H24O2. The summed E-state index contributed by atoms with van der Waals surface area (Å²) in [5, 5.41) is 0. The van der Waals surface area contributed by atoms with Crippen LogP contribution >= 0.6 is 0 Å². The smallest absolute Gasteiger partial charge is 0.122 e. The molecule has 0 fully saturated rings. The van der Waals surface area contributed by atoms with E-state index in [1.54, 1.807) is 0 Å². The Morgan fingerprint density at radius 1 is 0.682 bits per heavy atom. The van der Waals surface area contributed by atoms with E-state index < -0.39 is 0 Å². The average molecular weight is 296 g/mol. The summed E-state index contributed by atoms with van der Waals surface area (Å²) in [7, 11) is 0. The molecule has 116 valence electrons. The summed E-state index contributed by atoms with van der Waals surface area (Å²) in [6, 6.07) is 12.8. The molecular weight excluding hydrogens is 272 g/mol. The highest BCUT2D eigenvalue weighted by Gasteiger charge is 2.09.